The van der Waals surface area contributed by atoms with Crippen molar-refractivity contribution >= 4 is 23.4 Å². The van der Waals surface area contributed by atoms with Crippen molar-refractivity contribution < 1.29 is 0 Å². The molecule has 0 aliphatic rings. The molecule has 0 amide bonds. The second kappa shape index (κ2) is 9.13. The van der Waals surface area contributed by atoms with E-state index in [1.54, 1.807) is 0 Å². The molecule has 1 rings (SSSR count). The topological polar surface area (TPSA) is 49.8 Å². The van der Waals surface area contributed by atoms with Crippen LogP contribution < -0.4 is 10.6 Å². The van der Waals surface area contributed by atoms with Crippen LogP contribution in [0.15, 0.2) is 0 Å². The molecule has 0 fully saturated rings. The second-order valence-corrected chi connectivity index (χ2v) is 7.01. The second-order valence-electron chi connectivity index (χ2n) is 5.62. The molecule has 1 unspecified atom stereocenters. The molecular weight excluding hydrogens is 280 g/mol. The summed E-state index contributed by atoms with van der Waals surface area (Å²) < 4.78 is 0. The summed E-state index contributed by atoms with van der Waals surface area (Å²) >= 11 is 1.99. The number of nitrogens with one attached hydrogen (secondary N) is 2. The molecule has 0 saturated carbocycles. The lowest BCUT2D eigenvalue weighted by Crippen LogP contribution is -2.20. The van der Waals surface area contributed by atoms with Crippen molar-refractivity contribution in [2.75, 3.05) is 28.7 Å². The van der Waals surface area contributed by atoms with Gasteiger partial charge in [0.25, 0.3) is 0 Å². The van der Waals surface area contributed by atoms with Gasteiger partial charge in [0.05, 0.1) is 0 Å². The third-order valence-corrected chi connectivity index (χ3v) is 4.24. The van der Waals surface area contributed by atoms with Gasteiger partial charge in [-0.25, -0.2) is 9.97 Å². The zero-order valence-electron chi connectivity index (χ0n) is 14.3. The molecule has 1 aromatic heterocycles. The molecular formula is C16H30N4S. The number of hydrogen-bond donors (Lipinski definition) is 2. The Kier molecular flexibility index (Phi) is 7.86. The van der Waals surface area contributed by atoms with Gasteiger partial charge in [-0.3, -0.25) is 0 Å². The summed E-state index contributed by atoms with van der Waals surface area (Å²) in [6.45, 7) is 13.7. The third kappa shape index (κ3) is 5.73. The molecule has 5 heteroatoms. The van der Waals surface area contributed by atoms with Gasteiger partial charge in [-0.2, -0.15) is 11.8 Å². The maximum absolute atomic E-state index is 4.71. The minimum atomic E-state index is 0.328. The van der Waals surface area contributed by atoms with Gasteiger partial charge in [0.2, 0.25) is 0 Å². The van der Waals surface area contributed by atoms with Gasteiger partial charge >= 0.3 is 0 Å². The van der Waals surface area contributed by atoms with Crippen molar-refractivity contribution in [1.29, 1.82) is 0 Å². The van der Waals surface area contributed by atoms with E-state index in [0.717, 1.165) is 36.0 Å². The largest absolute Gasteiger partial charge is 0.370 e. The van der Waals surface area contributed by atoms with Crippen molar-refractivity contribution in [3.05, 3.63) is 11.4 Å². The van der Waals surface area contributed by atoms with Gasteiger partial charge in [0.1, 0.15) is 17.5 Å². The molecule has 1 aromatic rings. The van der Waals surface area contributed by atoms with Gasteiger partial charge in [0, 0.05) is 24.1 Å². The fourth-order valence-electron chi connectivity index (χ4n) is 1.98. The van der Waals surface area contributed by atoms with Crippen LogP contribution in [0, 0.1) is 6.92 Å². The van der Waals surface area contributed by atoms with E-state index in [9.17, 15) is 0 Å². The summed E-state index contributed by atoms with van der Waals surface area (Å²) in [5.74, 6) is 5.52. The standard InChI is InChI=1S/C16H30N4S/c1-7-17-15-13(6)16(20-14(19-15)11(3)4)18-12(5)9-10-21-8-2/h11-12H,7-10H2,1-6H3,(H2,17,18,19,20). The number of nitrogens with zero attached hydrogens (tertiary/aromatic N) is 2. The molecule has 21 heavy (non-hydrogen) atoms. The first-order valence-corrected chi connectivity index (χ1v) is 9.11. The zero-order chi connectivity index (χ0) is 15.8. The summed E-state index contributed by atoms with van der Waals surface area (Å²) in [7, 11) is 0. The van der Waals surface area contributed by atoms with Crippen LogP contribution in [-0.2, 0) is 0 Å². The Hall–Kier alpha value is -0.970. The quantitative estimate of drug-likeness (QED) is 0.667. The number of thioether (sulfide) groups is 1. The molecule has 1 atom stereocenters. The monoisotopic (exact) mass is 310 g/mol. The van der Waals surface area contributed by atoms with Crippen molar-refractivity contribution in [3.63, 3.8) is 0 Å². The van der Waals surface area contributed by atoms with Crippen molar-refractivity contribution in [2.45, 2.75) is 59.9 Å². The lowest BCUT2D eigenvalue weighted by molar-refractivity contribution is 0.742. The van der Waals surface area contributed by atoms with Crippen molar-refractivity contribution in [3.8, 4) is 0 Å². The number of rotatable bonds is 9. The van der Waals surface area contributed by atoms with E-state index < -0.39 is 0 Å². The maximum atomic E-state index is 4.71. The van der Waals surface area contributed by atoms with Crippen LogP contribution in [0.4, 0.5) is 11.6 Å². The SMILES string of the molecule is CCNc1nc(C(C)C)nc(NC(C)CCSCC)c1C. The first kappa shape index (κ1) is 18.1. The molecule has 120 valence electrons. The fraction of sp³-hybridized carbons (Fsp3) is 0.750. The van der Waals surface area contributed by atoms with E-state index in [0.29, 0.717) is 12.0 Å². The number of aromatic nitrogens is 2. The summed E-state index contributed by atoms with van der Waals surface area (Å²) in [5.41, 5.74) is 1.11. The van der Waals surface area contributed by atoms with Crippen LogP contribution in [0.5, 0.6) is 0 Å². The van der Waals surface area contributed by atoms with Crippen LogP contribution in [-0.4, -0.2) is 34.1 Å². The van der Waals surface area contributed by atoms with E-state index >= 15 is 0 Å². The first-order chi connectivity index (χ1) is 9.99. The zero-order valence-corrected chi connectivity index (χ0v) is 15.1. The summed E-state index contributed by atoms with van der Waals surface area (Å²) in [4.78, 5) is 9.35. The van der Waals surface area contributed by atoms with E-state index in [1.807, 2.05) is 11.8 Å². The molecule has 0 aliphatic heterocycles. The highest BCUT2D eigenvalue weighted by Gasteiger charge is 2.14. The van der Waals surface area contributed by atoms with Gasteiger partial charge < -0.3 is 10.6 Å². The normalized spacial score (nSPS) is 12.5. The molecule has 1 heterocycles. The Morgan fingerprint density at radius 2 is 1.76 bits per heavy atom. The van der Waals surface area contributed by atoms with E-state index in [2.05, 4.69) is 57.2 Å². The van der Waals surface area contributed by atoms with Gasteiger partial charge in [0.15, 0.2) is 0 Å². The van der Waals surface area contributed by atoms with Crippen LogP contribution in [0.25, 0.3) is 0 Å². The molecule has 0 saturated heterocycles. The summed E-state index contributed by atoms with van der Waals surface area (Å²) in [6.07, 6.45) is 1.15. The smallest absolute Gasteiger partial charge is 0.135 e. The van der Waals surface area contributed by atoms with Crippen LogP contribution in [0.3, 0.4) is 0 Å². The number of anilines is 2. The Morgan fingerprint density at radius 3 is 2.33 bits per heavy atom. The van der Waals surface area contributed by atoms with E-state index in [-0.39, 0.29) is 0 Å². The maximum Gasteiger partial charge on any atom is 0.135 e. The Labute approximate surface area is 133 Å². The molecule has 2 N–H and O–H groups in total. The predicted octanol–water partition coefficient (Wildman–Crippen LogP) is 4.28. The highest BCUT2D eigenvalue weighted by molar-refractivity contribution is 7.99. The third-order valence-electron chi connectivity index (χ3n) is 3.31. The van der Waals surface area contributed by atoms with Crippen LogP contribution in [0.1, 0.15) is 58.3 Å². The average molecular weight is 311 g/mol. The minimum Gasteiger partial charge on any atom is -0.370 e. The average Bonchev–Trinajstić information content (AvgIpc) is 2.43. The Morgan fingerprint density at radius 1 is 1.10 bits per heavy atom. The molecule has 0 bridgehead atoms. The van der Waals surface area contributed by atoms with E-state index in [1.165, 1.54) is 11.5 Å². The molecule has 0 radical (unpaired) electrons. The number of hydrogen-bond acceptors (Lipinski definition) is 5. The highest BCUT2D eigenvalue weighted by Crippen LogP contribution is 2.24. The first-order valence-electron chi connectivity index (χ1n) is 7.96. The van der Waals surface area contributed by atoms with Crippen molar-refractivity contribution in [1.82, 2.24) is 9.97 Å². The van der Waals surface area contributed by atoms with Crippen LogP contribution >= 0.6 is 11.8 Å². The Bertz CT molecular complexity index is 435. The predicted molar refractivity (Wildman–Crippen MR) is 95.7 cm³/mol. The molecule has 0 aromatic carbocycles. The molecule has 0 aliphatic carbocycles. The Balaban J connectivity index is 2.88. The van der Waals surface area contributed by atoms with E-state index in [4.69, 9.17) is 4.98 Å². The summed E-state index contributed by atoms with van der Waals surface area (Å²) in [6, 6.07) is 0.423. The highest BCUT2D eigenvalue weighted by atomic mass is 32.2. The van der Waals surface area contributed by atoms with Gasteiger partial charge in [-0.15, -0.1) is 0 Å². The van der Waals surface area contributed by atoms with Gasteiger partial charge in [-0.05, 0) is 38.7 Å². The lowest BCUT2D eigenvalue weighted by Gasteiger charge is -2.19. The van der Waals surface area contributed by atoms with Crippen LogP contribution in [0.2, 0.25) is 0 Å². The molecule has 0 spiro atoms. The molecule has 4 nitrogen and oxygen atoms in total. The van der Waals surface area contributed by atoms with Crippen molar-refractivity contribution in [2.24, 2.45) is 0 Å². The summed E-state index contributed by atoms with van der Waals surface area (Å²) in [5, 5.41) is 6.90. The minimum absolute atomic E-state index is 0.328. The fourth-order valence-corrected chi connectivity index (χ4v) is 2.79. The lowest BCUT2D eigenvalue weighted by atomic mass is 10.2. The van der Waals surface area contributed by atoms with Gasteiger partial charge in [-0.1, -0.05) is 20.8 Å².